The van der Waals surface area contributed by atoms with Crippen molar-refractivity contribution < 1.29 is 9.90 Å². The summed E-state index contributed by atoms with van der Waals surface area (Å²) in [5, 5.41) is 17.2. The van der Waals surface area contributed by atoms with Gasteiger partial charge in [0.05, 0.1) is 5.69 Å². The van der Waals surface area contributed by atoms with E-state index >= 15 is 0 Å². The van der Waals surface area contributed by atoms with Crippen molar-refractivity contribution in [2.75, 3.05) is 5.32 Å². The molecule has 4 nitrogen and oxygen atoms in total. The van der Waals surface area contributed by atoms with Crippen LogP contribution in [0, 0.1) is 0 Å². The summed E-state index contributed by atoms with van der Waals surface area (Å²) in [5.74, 6) is 0.174. The summed E-state index contributed by atoms with van der Waals surface area (Å²) in [7, 11) is 0. The summed E-state index contributed by atoms with van der Waals surface area (Å²) in [6, 6.07) is 10.0. The van der Waals surface area contributed by atoms with Gasteiger partial charge in [-0.15, -0.1) is 0 Å². The lowest BCUT2D eigenvalue weighted by molar-refractivity contribution is 0.254. The molecule has 2 amide bonds. The zero-order valence-electron chi connectivity index (χ0n) is 13.8. The minimum absolute atomic E-state index is 0.174. The predicted molar refractivity (Wildman–Crippen MR) is 105 cm³/mol. The fraction of sp³-hybridized carbons (Fsp3) is 0.105. The number of benzene rings is 2. The van der Waals surface area contributed by atoms with Gasteiger partial charge in [-0.05, 0) is 55.1 Å². The summed E-state index contributed by atoms with van der Waals surface area (Å²) >= 11 is 11.6. The van der Waals surface area contributed by atoms with Gasteiger partial charge in [-0.2, -0.15) is 0 Å². The van der Waals surface area contributed by atoms with Crippen LogP contribution in [0.2, 0.25) is 0 Å². The van der Waals surface area contributed by atoms with Crippen molar-refractivity contribution in [2.45, 2.75) is 13.8 Å². The molecule has 0 fully saturated rings. The first-order valence-corrected chi connectivity index (χ1v) is 8.37. The largest absolute Gasteiger partial charge is 0.508 e. The molecule has 2 aromatic rings. The molecule has 25 heavy (non-hydrogen) atoms. The molecule has 0 bridgehead atoms. The van der Waals surface area contributed by atoms with E-state index in [1.807, 2.05) is 6.07 Å². The Morgan fingerprint density at radius 3 is 2.68 bits per heavy atom. The Hall–Kier alpha value is -2.43. The molecule has 0 aliphatic carbocycles. The Morgan fingerprint density at radius 1 is 1.24 bits per heavy atom. The minimum atomic E-state index is -0.396. The topological polar surface area (TPSA) is 61.4 Å². The summed E-state index contributed by atoms with van der Waals surface area (Å²) in [5.41, 5.74) is 3.22. The number of halogens is 2. The van der Waals surface area contributed by atoms with Crippen molar-refractivity contribution in [3.05, 3.63) is 70.4 Å². The number of hydrogen-bond acceptors (Lipinski definition) is 2. The van der Waals surface area contributed by atoms with Crippen molar-refractivity contribution in [3.63, 3.8) is 0 Å². The van der Waals surface area contributed by atoms with Crippen LogP contribution in [0.15, 0.2) is 70.4 Å². The molecule has 6 heteroatoms. The van der Waals surface area contributed by atoms with E-state index in [0.717, 1.165) is 10.8 Å². The monoisotopic (exact) mass is 376 g/mol. The number of carbonyl (C=O) groups is 1. The van der Waals surface area contributed by atoms with Gasteiger partial charge in [-0.25, -0.2) is 4.79 Å². The Kier molecular flexibility index (Phi) is 6.51. The van der Waals surface area contributed by atoms with Gasteiger partial charge < -0.3 is 15.7 Å². The van der Waals surface area contributed by atoms with Crippen LogP contribution >= 0.6 is 23.2 Å². The van der Waals surface area contributed by atoms with Gasteiger partial charge in [0, 0.05) is 21.7 Å². The molecule has 0 saturated carbocycles. The van der Waals surface area contributed by atoms with Crippen molar-refractivity contribution in [2.24, 2.45) is 0 Å². The molecule has 0 aliphatic heterocycles. The third kappa shape index (κ3) is 4.78. The first-order valence-electron chi connectivity index (χ1n) is 7.56. The van der Waals surface area contributed by atoms with Crippen molar-refractivity contribution >= 4 is 45.7 Å². The number of phenolic OH excluding ortho intramolecular Hbond substituents is 1. The van der Waals surface area contributed by atoms with E-state index in [2.05, 4.69) is 10.6 Å². The summed E-state index contributed by atoms with van der Waals surface area (Å²) in [6.45, 7) is 3.59. The second-order valence-corrected chi connectivity index (χ2v) is 5.92. The van der Waals surface area contributed by atoms with Crippen LogP contribution in [0.3, 0.4) is 0 Å². The molecule has 3 N–H and O–H groups in total. The number of anilines is 1. The van der Waals surface area contributed by atoms with Crippen molar-refractivity contribution in [1.82, 2.24) is 5.32 Å². The van der Waals surface area contributed by atoms with Gasteiger partial charge in [-0.1, -0.05) is 41.4 Å². The molecule has 2 aromatic carbocycles. The second kappa shape index (κ2) is 8.60. The average molecular weight is 377 g/mol. The van der Waals surface area contributed by atoms with E-state index < -0.39 is 6.03 Å². The molecule has 0 unspecified atom stereocenters. The molecule has 0 radical (unpaired) electrons. The number of rotatable bonds is 4. The molecule has 0 aromatic heterocycles. The maximum atomic E-state index is 12.4. The van der Waals surface area contributed by atoms with Gasteiger partial charge in [0.15, 0.2) is 0 Å². The zero-order chi connectivity index (χ0) is 18.4. The molecule has 0 heterocycles. The molecule has 0 saturated heterocycles. The predicted octanol–water partition coefficient (Wildman–Crippen LogP) is 5.84. The molecule has 2 rings (SSSR count). The third-order valence-corrected chi connectivity index (χ3v) is 4.16. The lowest BCUT2D eigenvalue weighted by Gasteiger charge is -2.13. The number of urea groups is 1. The summed E-state index contributed by atoms with van der Waals surface area (Å²) < 4.78 is 0. The van der Waals surface area contributed by atoms with Crippen LogP contribution in [-0.4, -0.2) is 11.1 Å². The summed E-state index contributed by atoms with van der Waals surface area (Å²) in [6.07, 6.45) is 3.29. The number of amides is 2. The lowest BCUT2D eigenvalue weighted by atomic mass is 10.1. The second-order valence-electron chi connectivity index (χ2n) is 5.26. The molecule has 0 aliphatic rings. The van der Waals surface area contributed by atoms with E-state index in [0.29, 0.717) is 22.0 Å². The van der Waals surface area contributed by atoms with Crippen molar-refractivity contribution in [1.29, 1.82) is 0 Å². The molecular weight excluding hydrogens is 359 g/mol. The fourth-order valence-corrected chi connectivity index (χ4v) is 2.70. The van der Waals surface area contributed by atoms with Crippen LogP contribution in [0.4, 0.5) is 10.5 Å². The smallest absolute Gasteiger partial charge is 0.323 e. The van der Waals surface area contributed by atoms with Gasteiger partial charge in [0.25, 0.3) is 0 Å². The van der Waals surface area contributed by atoms with Crippen molar-refractivity contribution in [3.8, 4) is 5.75 Å². The maximum absolute atomic E-state index is 12.4. The highest BCUT2D eigenvalue weighted by atomic mass is 35.5. The Morgan fingerprint density at radius 2 is 2.00 bits per heavy atom. The maximum Gasteiger partial charge on any atom is 0.323 e. The number of aromatic hydroxyl groups is 1. The first kappa shape index (κ1) is 18.9. The summed E-state index contributed by atoms with van der Waals surface area (Å²) in [4.78, 5) is 12.4. The highest BCUT2D eigenvalue weighted by Gasteiger charge is 2.10. The highest BCUT2D eigenvalue weighted by Crippen LogP contribution is 2.26. The highest BCUT2D eigenvalue weighted by molar-refractivity contribution is 6.33. The average Bonchev–Trinajstić information content (AvgIpc) is 2.59. The molecule has 0 atom stereocenters. The minimum Gasteiger partial charge on any atom is -0.508 e. The van der Waals surface area contributed by atoms with Gasteiger partial charge >= 0.3 is 6.03 Å². The van der Waals surface area contributed by atoms with E-state index in [1.54, 1.807) is 56.3 Å². The van der Waals surface area contributed by atoms with Gasteiger partial charge in [0.1, 0.15) is 5.75 Å². The van der Waals surface area contributed by atoms with Crippen LogP contribution in [-0.2, 0) is 0 Å². The van der Waals surface area contributed by atoms with Crippen LogP contribution in [0.25, 0.3) is 10.8 Å². The Balaban J connectivity index is 2.22. The molecular formula is C19H18Cl2N2O2. The Labute approximate surface area is 156 Å². The number of nitrogens with one attached hydrogen (secondary N) is 2. The zero-order valence-corrected chi connectivity index (χ0v) is 15.3. The van der Waals surface area contributed by atoms with E-state index in [1.165, 1.54) is 5.54 Å². The van der Waals surface area contributed by atoms with Crippen LogP contribution in [0.1, 0.15) is 13.8 Å². The fourth-order valence-electron chi connectivity index (χ4n) is 2.35. The number of fused-ring (bicyclic) bond motifs is 1. The normalized spacial score (nSPS) is 13.0. The van der Waals surface area contributed by atoms with Gasteiger partial charge in [0.2, 0.25) is 0 Å². The van der Waals surface area contributed by atoms with E-state index in [-0.39, 0.29) is 5.75 Å². The molecule has 0 spiro atoms. The lowest BCUT2D eigenvalue weighted by Crippen LogP contribution is -2.28. The number of hydrogen-bond donors (Lipinski definition) is 3. The first-order chi connectivity index (χ1) is 12.0. The third-order valence-electron chi connectivity index (χ3n) is 3.62. The number of allylic oxidation sites excluding steroid dienone is 4. The number of carbonyl (C=O) groups excluding carboxylic acids is 1. The van der Waals surface area contributed by atoms with E-state index in [4.69, 9.17) is 23.2 Å². The van der Waals surface area contributed by atoms with Crippen LogP contribution < -0.4 is 10.6 Å². The standard InChI is InChI=1S/C19H18Cl2N2O2/c1-3-17(12(2)16(21)9-10-20)22-19(25)23-18-6-4-5-13-11-14(24)7-8-15(13)18/h3-11,24H,1-2H3,(H2,22,23,25)/b10-9+,16-12+,17-3+. The quantitative estimate of drug-likeness (QED) is 0.587. The van der Waals surface area contributed by atoms with Crippen LogP contribution in [0.5, 0.6) is 5.75 Å². The SMILES string of the molecule is C\C=C(NC(=O)Nc1cccc2cc(O)ccc12)/C(C)=C(Cl)\C=C\Cl. The Bertz CT molecular complexity index is 886. The molecule has 130 valence electrons. The van der Waals surface area contributed by atoms with Gasteiger partial charge in [-0.3, -0.25) is 0 Å². The van der Waals surface area contributed by atoms with E-state index in [9.17, 15) is 9.90 Å². The number of phenols is 1.